The summed E-state index contributed by atoms with van der Waals surface area (Å²) >= 11 is 0. The first-order valence-corrected chi connectivity index (χ1v) is 4.95. The first-order chi connectivity index (χ1) is 9.40. The summed E-state index contributed by atoms with van der Waals surface area (Å²) in [7, 11) is 0. The fraction of sp³-hybridized carbons (Fsp3) is 0. The van der Waals surface area contributed by atoms with Crippen LogP contribution in [-0.4, -0.2) is 31.5 Å². The van der Waals surface area contributed by atoms with Crippen LogP contribution in [0.1, 0.15) is 32.4 Å². The van der Waals surface area contributed by atoms with E-state index in [1.807, 2.05) is 0 Å². The molecule has 2 heterocycles. The summed E-state index contributed by atoms with van der Waals surface area (Å²) in [6, 6.07) is 0. The van der Waals surface area contributed by atoms with Gasteiger partial charge in [-0.3, -0.25) is 9.59 Å². The van der Waals surface area contributed by atoms with E-state index in [4.69, 9.17) is 0 Å². The largest absolute Gasteiger partial charge is 0.285 e. The van der Waals surface area contributed by atoms with Crippen LogP contribution in [-0.2, 0) is 0 Å². The average molecular weight is 284 g/mol. The zero-order chi connectivity index (χ0) is 14.6. The predicted octanol–water partition coefficient (Wildman–Crippen LogP) is 0.598. The highest BCUT2D eigenvalue weighted by Crippen LogP contribution is 2.23. The topological polar surface area (TPSA) is 85.7 Å². The third-order valence-corrected chi connectivity index (χ3v) is 2.49. The molecule has 2 aromatic rings. The number of nitrogens with zero attached hydrogens (tertiary/aromatic N) is 4. The Morgan fingerprint density at radius 3 is 0.900 bits per heavy atom. The minimum absolute atomic E-state index is 0.832. The molecule has 0 N–H and O–H groups in total. The van der Waals surface area contributed by atoms with E-state index in [1.165, 1.54) is 0 Å². The predicted molar refractivity (Wildman–Crippen MR) is 50.8 cm³/mol. The summed E-state index contributed by atoms with van der Waals surface area (Å²) in [5.41, 5.74) is -3.33. The maximum atomic E-state index is 12.9. The number of ketones is 2. The number of halogens is 4. The van der Waals surface area contributed by atoms with Crippen LogP contribution in [0.4, 0.5) is 17.6 Å². The van der Waals surface area contributed by atoms with Gasteiger partial charge in [-0.15, -0.1) is 0 Å². The lowest BCUT2D eigenvalue weighted by atomic mass is 9.98. The number of aromatic nitrogens is 4. The van der Waals surface area contributed by atoms with Crippen molar-refractivity contribution in [3.8, 4) is 0 Å². The van der Waals surface area contributed by atoms with Gasteiger partial charge in [0.15, 0.2) is 0 Å². The fourth-order valence-electron chi connectivity index (χ4n) is 1.65. The Morgan fingerprint density at radius 2 is 0.700 bits per heavy atom. The standard InChI is InChI=1S/C10F4N4O2/c11-7-8(12)16-2-1(15-7)5(19)3-4(6(2)20)18-10(14)9(13)17-3. The van der Waals surface area contributed by atoms with Crippen LogP contribution in [0.2, 0.25) is 0 Å². The van der Waals surface area contributed by atoms with E-state index < -0.39 is 58.1 Å². The number of carbonyl (C=O) groups is 2. The summed E-state index contributed by atoms with van der Waals surface area (Å²) in [4.78, 5) is 35.4. The van der Waals surface area contributed by atoms with E-state index in [9.17, 15) is 27.2 Å². The van der Waals surface area contributed by atoms with Crippen molar-refractivity contribution in [1.82, 2.24) is 19.9 Å². The molecule has 20 heavy (non-hydrogen) atoms. The lowest BCUT2D eigenvalue weighted by Gasteiger charge is -2.13. The van der Waals surface area contributed by atoms with Gasteiger partial charge >= 0.3 is 0 Å². The first-order valence-electron chi connectivity index (χ1n) is 4.95. The molecular weight excluding hydrogens is 284 g/mol. The highest BCUT2D eigenvalue weighted by atomic mass is 19.2. The SMILES string of the molecule is O=C1c2nc(F)c(F)nc2C(=O)c2nc(F)c(F)nc21. The molecule has 3 rings (SSSR count). The molecular formula is C10F4N4O2. The smallest absolute Gasteiger partial charge is 0.269 e. The molecule has 0 unspecified atom stereocenters. The molecule has 0 saturated heterocycles. The molecule has 0 atom stereocenters. The Balaban J connectivity index is 2.33. The van der Waals surface area contributed by atoms with Crippen LogP contribution in [0.3, 0.4) is 0 Å². The Hall–Kier alpha value is -2.78. The number of hydrogen-bond acceptors (Lipinski definition) is 6. The van der Waals surface area contributed by atoms with Gasteiger partial charge in [-0.25, -0.2) is 19.9 Å². The zero-order valence-corrected chi connectivity index (χ0v) is 9.12. The second-order valence-electron chi connectivity index (χ2n) is 3.66. The Morgan fingerprint density at radius 1 is 0.500 bits per heavy atom. The van der Waals surface area contributed by atoms with E-state index in [-0.39, 0.29) is 0 Å². The summed E-state index contributed by atoms with van der Waals surface area (Å²) < 4.78 is 51.8. The van der Waals surface area contributed by atoms with Crippen molar-refractivity contribution in [1.29, 1.82) is 0 Å². The molecule has 0 spiro atoms. The Labute approximate surface area is 106 Å². The van der Waals surface area contributed by atoms with Crippen molar-refractivity contribution < 1.29 is 27.2 Å². The van der Waals surface area contributed by atoms with E-state index in [0.29, 0.717) is 0 Å². The van der Waals surface area contributed by atoms with Gasteiger partial charge in [0.25, 0.3) is 23.8 Å². The van der Waals surface area contributed by atoms with E-state index in [1.54, 1.807) is 0 Å². The van der Waals surface area contributed by atoms with Gasteiger partial charge in [-0.2, -0.15) is 17.6 Å². The first kappa shape index (κ1) is 12.3. The lowest BCUT2D eigenvalue weighted by Crippen LogP contribution is -2.28. The van der Waals surface area contributed by atoms with Gasteiger partial charge in [0.05, 0.1) is 0 Å². The Bertz CT molecular complexity index is 679. The molecule has 0 bridgehead atoms. The van der Waals surface area contributed by atoms with Gasteiger partial charge < -0.3 is 0 Å². The molecule has 0 fully saturated rings. The van der Waals surface area contributed by atoms with E-state index in [2.05, 4.69) is 19.9 Å². The second-order valence-corrected chi connectivity index (χ2v) is 3.66. The molecule has 0 aliphatic heterocycles. The van der Waals surface area contributed by atoms with Gasteiger partial charge in [0, 0.05) is 0 Å². The van der Waals surface area contributed by atoms with Crippen LogP contribution >= 0.6 is 0 Å². The molecule has 0 amide bonds. The van der Waals surface area contributed by atoms with E-state index >= 15 is 0 Å². The van der Waals surface area contributed by atoms with Gasteiger partial charge in [-0.05, 0) is 0 Å². The highest BCUT2D eigenvalue weighted by Gasteiger charge is 2.37. The number of carbonyl (C=O) groups excluding carboxylic acids is 2. The highest BCUT2D eigenvalue weighted by molar-refractivity contribution is 6.25. The van der Waals surface area contributed by atoms with Gasteiger partial charge in [0.1, 0.15) is 22.8 Å². The minimum Gasteiger partial charge on any atom is -0.285 e. The maximum Gasteiger partial charge on any atom is 0.269 e. The van der Waals surface area contributed by atoms with Crippen LogP contribution in [0.25, 0.3) is 0 Å². The third kappa shape index (κ3) is 1.51. The Kier molecular flexibility index (Phi) is 2.36. The van der Waals surface area contributed by atoms with Crippen molar-refractivity contribution in [2.45, 2.75) is 0 Å². The van der Waals surface area contributed by atoms with Crippen molar-refractivity contribution in [3.05, 3.63) is 46.6 Å². The molecule has 0 saturated carbocycles. The molecule has 100 valence electrons. The molecule has 10 heteroatoms. The summed E-state index contributed by atoms with van der Waals surface area (Å²) in [6.07, 6.45) is 0. The van der Waals surface area contributed by atoms with Crippen molar-refractivity contribution in [3.63, 3.8) is 0 Å². The molecule has 6 nitrogen and oxygen atoms in total. The van der Waals surface area contributed by atoms with Crippen LogP contribution in [0, 0.1) is 23.8 Å². The van der Waals surface area contributed by atoms with Gasteiger partial charge in [-0.1, -0.05) is 0 Å². The molecule has 0 radical (unpaired) electrons. The van der Waals surface area contributed by atoms with Crippen molar-refractivity contribution in [2.75, 3.05) is 0 Å². The number of rotatable bonds is 0. The second kappa shape index (κ2) is 3.85. The van der Waals surface area contributed by atoms with Gasteiger partial charge in [0.2, 0.25) is 11.6 Å². The fourth-order valence-corrected chi connectivity index (χ4v) is 1.65. The lowest BCUT2D eigenvalue weighted by molar-refractivity contribution is 0.0958. The van der Waals surface area contributed by atoms with Crippen molar-refractivity contribution in [2.24, 2.45) is 0 Å². The molecule has 1 aliphatic carbocycles. The average Bonchev–Trinajstić information content (AvgIpc) is 2.41. The number of hydrogen-bond donors (Lipinski definition) is 0. The van der Waals surface area contributed by atoms with Crippen LogP contribution < -0.4 is 0 Å². The normalized spacial score (nSPS) is 13.2. The quantitative estimate of drug-likeness (QED) is 0.562. The summed E-state index contributed by atoms with van der Waals surface area (Å²) in [5, 5.41) is 0. The van der Waals surface area contributed by atoms with E-state index in [0.717, 1.165) is 0 Å². The monoisotopic (exact) mass is 284 g/mol. The summed E-state index contributed by atoms with van der Waals surface area (Å²) in [5.74, 6) is -9.22. The number of fused-ring (bicyclic) bond motifs is 2. The van der Waals surface area contributed by atoms with Crippen molar-refractivity contribution >= 4 is 11.6 Å². The molecule has 1 aliphatic rings. The molecule has 0 aromatic carbocycles. The van der Waals surface area contributed by atoms with Crippen LogP contribution in [0.15, 0.2) is 0 Å². The maximum absolute atomic E-state index is 12.9. The molecule has 2 aromatic heterocycles. The summed E-state index contributed by atoms with van der Waals surface area (Å²) in [6.45, 7) is 0. The minimum atomic E-state index is -1.70. The third-order valence-electron chi connectivity index (χ3n) is 2.49. The zero-order valence-electron chi connectivity index (χ0n) is 9.12. The van der Waals surface area contributed by atoms with Crippen LogP contribution in [0.5, 0.6) is 0 Å².